The summed E-state index contributed by atoms with van der Waals surface area (Å²) in [4.78, 5) is 37.4. The number of carbonyl (C=O) groups is 2. The van der Waals surface area contributed by atoms with E-state index in [2.05, 4.69) is 0 Å². The first-order valence-corrected chi connectivity index (χ1v) is 8.94. The van der Waals surface area contributed by atoms with Crippen molar-refractivity contribution >= 4 is 23.6 Å². The van der Waals surface area contributed by atoms with Crippen LogP contribution in [0.15, 0.2) is 46.7 Å². The third-order valence-corrected chi connectivity index (χ3v) is 5.43. The summed E-state index contributed by atoms with van der Waals surface area (Å²) in [6.07, 6.45) is -0.534. The van der Waals surface area contributed by atoms with Crippen molar-refractivity contribution in [2.24, 2.45) is 4.99 Å². The summed E-state index contributed by atoms with van der Waals surface area (Å²) in [6, 6.07) is 9.02. The number of guanidine groups is 1. The number of rotatable bonds is 4. The predicted octanol–water partition coefficient (Wildman–Crippen LogP) is 1.66. The highest BCUT2D eigenvalue weighted by molar-refractivity contribution is 6.10. The van der Waals surface area contributed by atoms with Crippen molar-refractivity contribution in [1.29, 1.82) is 0 Å². The zero-order valence-electron chi connectivity index (χ0n) is 15.9. The number of allylic oxidation sites excluding steroid dienone is 2. The highest BCUT2D eigenvalue weighted by atomic mass is 16.5. The number of amides is 3. The van der Waals surface area contributed by atoms with Gasteiger partial charge in [-0.05, 0) is 26.0 Å². The van der Waals surface area contributed by atoms with E-state index in [1.165, 1.54) is 4.90 Å². The number of nitrogens with zero attached hydrogens (tertiary/aromatic N) is 5. The number of hydrogen-bond donors (Lipinski definition) is 0. The van der Waals surface area contributed by atoms with E-state index in [0.717, 1.165) is 17.1 Å². The van der Waals surface area contributed by atoms with Gasteiger partial charge in [0.25, 0.3) is 5.91 Å². The number of ether oxygens (including phenoxy) is 1. The molecule has 8 heteroatoms. The van der Waals surface area contributed by atoms with Crippen LogP contribution in [-0.2, 0) is 9.53 Å². The summed E-state index contributed by atoms with van der Waals surface area (Å²) in [7, 11) is 3.24. The normalized spacial score (nSPS) is 24.7. The molecule has 8 nitrogen and oxygen atoms in total. The summed E-state index contributed by atoms with van der Waals surface area (Å²) in [5, 5.41) is 0. The molecule has 3 aliphatic rings. The van der Waals surface area contributed by atoms with Gasteiger partial charge in [-0.15, -0.1) is 0 Å². The van der Waals surface area contributed by atoms with Gasteiger partial charge in [-0.1, -0.05) is 18.2 Å². The van der Waals surface area contributed by atoms with Gasteiger partial charge < -0.3 is 9.64 Å². The molecule has 0 saturated carbocycles. The number of likely N-dealkylation sites (N-methyl/N-ethyl adjacent to an activating group) is 1. The van der Waals surface area contributed by atoms with Crippen LogP contribution < -0.4 is 4.90 Å². The van der Waals surface area contributed by atoms with E-state index in [1.54, 1.807) is 19.1 Å². The lowest BCUT2D eigenvalue weighted by Gasteiger charge is -2.40. The molecule has 2 unspecified atom stereocenters. The molecule has 0 radical (unpaired) electrons. The monoisotopic (exact) mass is 369 g/mol. The number of urea groups is 1. The Morgan fingerprint density at radius 2 is 1.81 bits per heavy atom. The van der Waals surface area contributed by atoms with Crippen molar-refractivity contribution in [1.82, 2.24) is 14.7 Å². The van der Waals surface area contributed by atoms with Gasteiger partial charge in [0.15, 0.2) is 12.2 Å². The number of methoxy groups -OCH3 is 1. The molecule has 27 heavy (non-hydrogen) atoms. The minimum Gasteiger partial charge on any atom is -0.383 e. The summed E-state index contributed by atoms with van der Waals surface area (Å²) >= 11 is 0. The molecule has 0 aromatic heterocycles. The van der Waals surface area contributed by atoms with Crippen molar-refractivity contribution in [3.63, 3.8) is 0 Å². The molecule has 0 aliphatic carbocycles. The second kappa shape index (κ2) is 6.38. The third kappa shape index (κ3) is 2.43. The van der Waals surface area contributed by atoms with Crippen LogP contribution in [0.1, 0.15) is 13.8 Å². The molecule has 142 valence electrons. The molecular weight excluding hydrogens is 346 g/mol. The van der Waals surface area contributed by atoms with Gasteiger partial charge in [-0.3, -0.25) is 19.5 Å². The van der Waals surface area contributed by atoms with Crippen molar-refractivity contribution in [3.05, 3.63) is 41.7 Å². The van der Waals surface area contributed by atoms with Crippen LogP contribution in [0.4, 0.5) is 10.5 Å². The second-order valence-electron chi connectivity index (χ2n) is 6.88. The second-order valence-corrected chi connectivity index (χ2v) is 6.88. The Hall–Kier alpha value is -2.87. The zero-order valence-corrected chi connectivity index (χ0v) is 15.9. The first-order chi connectivity index (χ1) is 13.0. The maximum absolute atomic E-state index is 13.2. The van der Waals surface area contributed by atoms with Crippen LogP contribution >= 0.6 is 0 Å². The fourth-order valence-electron chi connectivity index (χ4n) is 3.89. The lowest BCUT2D eigenvalue weighted by Crippen LogP contribution is -2.65. The molecular formula is C19H23N5O3. The third-order valence-electron chi connectivity index (χ3n) is 5.43. The zero-order chi connectivity index (χ0) is 19.3. The molecule has 3 aliphatic heterocycles. The molecule has 3 amide bonds. The largest absolute Gasteiger partial charge is 0.383 e. The molecule has 1 saturated heterocycles. The average molecular weight is 369 g/mol. The summed E-state index contributed by atoms with van der Waals surface area (Å²) in [5.41, 5.74) is 2.97. The van der Waals surface area contributed by atoms with Crippen LogP contribution in [-0.4, -0.2) is 72.1 Å². The van der Waals surface area contributed by atoms with Crippen LogP contribution in [0.5, 0.6) is 0 Å². The van der Waals surface area contributed by atoms with Gasteiger partial charge >= 0.3 is 6.03 Å². The lowest BCUT2D eigenvalue weighted by atomic mass is 10.1. The van der Waals surface area contributed by atoms with Crippen LogP contribution in [0.2, 0.25) is 0 Å². The number of fused-ring (bicyclic) bond motifs is 3. The van der Waals surface area contributed by atoms with Gasteiger partial charge in [0.1, 0.15) is 0 Å². The molecule has 0 spiro atoms. The van der Waals surface area contributed by atoms with Crippen molar-refractivity contribution in [2.45, 2.75) is 26.1 Å². The first-order valence-electron chi connectivity index (χ1n) is 8.94. The van der Waals surface area contributed by atoms with Gasteiger partial charge in [0.2, 0.25) is 5.96 Å². The highest BCUT2D eigenvalue weighted by Gasteiger charge is 2.55. The molecule has 3 heterocycles. The van der Waals surface area contributed by atoms with Crippen molar-refractivity contribution in [3.8, 4) is 0 Å². The van der Waals surface area contributed by atoms with Gasteiger partial charge in [0.05, 0.1) is 13.2 Å². The quantitative estimate of drug-likeness (QED) is 0.808. The number of benzene rings is 1. The fourth-order valence-corrected chi connectivity index (χ4v) is 3.89. The number of hydrogen-bond acceptors (Lipinski definition) is 6. The molecule has 1 fully saturated rings. The SMILES string of the molecule is COCCN1C(=O)C2C(N=C3N(c4ccccc4)C(C)=C(C)N32)N(C)C1=O. The Morgan fingerprint density at radius 1 is 1.11 bits per heavy atom. The van der Waals surface area contributed by atoms with Crippen LogP contribution in [0.25, 0.3) is 0 Å². The number of imide groups is 1. The summed E-state index contributed by atoms with van der Waals surface area (Å²) in [6.45, 7) is 4.54. The number of carbonyl (C=O) groups excluding carboxylic acids is 2. The maximum atomic E-state index is 13.2. The van der Waals surface area contributed by atoms with Crippen molar-refractivity contribution in [2.75, 3.05) is 32.2 Å². The Kier molecular flexibility index (Phi) is 4.15. The van der Waals surface area contributed by atoms with E-state index in [-0.39, 0.29) is 18.5 Å². The van der Waals surface area contributed by atoms with E-state index < -0.39 is 12.2 Å². The lowest BCUT2D eigenvalue weighted by molar-refractivity contribution is -0.137. The molecule has 4 rings (SSSR count). The molecule has 0 bridgehead atoms. The van der Waals surface area contributed by atoms with Gasteiger partial charge in [-0.2, -0.15) is 0 Å². The molecule has 1 aromatic rings. The highest BCUT2D eigenvalue weighted by Crippen LogP contribution is 2.39. The molecule has 1 aromatic carbocycles. The van der Waals surface area contributed by atoms with E-state index in [9.17, 15) is 9.59 Å². The van der Waals surface area contributed by atoms with Gasteiger partial charge in [-0.25, -0.2) is 9.79 Å². The van der Waals surface area contributed by atoms with E-state index in [1.807, 2.05) is 54.0 Å². The summed E-state index contributed by atoms with van der Waals surface area (Å²) in [5.74, 6) is 0.453. The van der Waals surface area contributed by atoms with Gasteiger partial charge in [0, 0.05) is 31.2 Å². The Bertz CT molecular complexity index is 850. The number of aliphatic imine (C=N–C) groups is 1. The maximum Gasteiger partial charge on any atom is 0.328 e. The van der Waals surface area contributed by atoms with Crippen molar-refractivity contribution < 1.29 is 14.3 Å². The fraction of sp³-hybridized carbons (Fsp3) is 0.421. The average Bonchev–Trinajstić information content (AvgIpc) is 3.17. The molecule has 2 atom stereocenters. The number of para-hydroxylation sites is 1. The van der Waals surface area contributed by atoms with E-state index in [0.29, 0.717) is 12.6 Å². The standard InChI is InChI=1S/C19H23N5O3/c1-12-13(2)24-15-16(20-18(24)23(12)14-8-6-5-7-9-14)21(3)19(26)22(17(15)25)10-11-27-4/h5-9,15-16H,10-11H2,1-4H3. The Labute approximate surface area is 158 Å². The summed E-state index contributed by atoms with van der Waals surface area (Å²) < 4.78 is 5.06. The molecule has 0 N–H and O–H groups in total. The van der Waals surface area contributed by atoms with E-state index >= 15 is 0 Å². The van der Waals surface area contributed by atoms with Crippen LogP contribution in [0.3, 0.4) is 0 Å². The van der Waals surface area contributed by atoms with Crippen LogP contribution in [0, 0.1) is 0 Å². The number of anilines is 1. The minimum absolute atomic E-state index is 0.231. The predicted molar refractivity (Wildman–Crippen MR) is 101 cm³/mol. The Balaban J connectivity index is 1.74. The first kappa shape index (κ1) is 17.5. The Morgan fingerprint density at radius 3 is 2.48 bits per heavy atom. The minimum atomic E-state index is -0.553. The topological polar surface area (TPSA) is 68.7 Å². The smallest absolute Gasteiger partial charge is 0.328 e. The van der Waals surface area contributed by atoms with E-state index in [4.69, 9.17) is 9.73 Å².